The van der Waals surface area contributed by atoms with Crippen molar-refractivity contribution in [3.05, 3.63) is 28.3 Å². The maximum Gasteiger partial charge on any atom is 0.312 e. The third kappa shape index (κ3) is 4.17. The molecule has 1 atom stereocenters. The molecular weight excluding hydrogens is 372 g/mol. The van der Waals surface area contributed by atoms with E-state index in [9.17, 15) is 14.9 Å². The van der Waals surface area contributed by atoms with E-state index in [1.165, 1.54) is 12.5 Å². The Labute approximate surface area is 171 Å². The van der Waals surface area contributed by atoms with Crippen molar-refractivity contribution in [1.82, 2.24) is 4.90 Å². The highest BCUT2D eigenvalue weighted by Crippen LogP contribution is 2.46. The SMILES string of the molecule is Nc1cc(N2CCN(CC[C@H]3CC4(CCCCC4)C(=O)O3)CC2)ccc1[N+](=O)[O-]. The van der Waals surface area contributed by atoms with Crippen molar-refractivity contribution in [3.8, 4) is 0 Å². The van der Waals surface area contributed by atoms with Gasteiger partial charge in [-0.2, -0.15) is 0 Å². The van der Waals surface area contributed by atoms with E-state index in [0.29, 0.717) is 0 Å². The number of nitro benzene ring substituents is 1. The Bertz CT molecular complexity index is 770. The fourth-order valence-electron chi connectivity index (χ4n) is 5.10. The smallest absolute Gasteiger partial charge is 0.312 e. The molecule has 8 heteroatoms. The van der Waals surface area contributed by atoms with Gasteiger partial charge in [-0.05, 0) is 31.4 Å². The van der Waals surface area contributed by atoms with Gasteiger partial charge in [-0.3, -0.25) is 19.8 Å². The first kappa shape index (κ1) is 19.9. The third-order valence-electron chi connectivity index (χ3n) is 6.85. The van der Waals surface area contributed by atoms with E-state index < -0.39 is 4.92 Å². The summed E-state index contributed by atoms with van der Waals surface area (Å²) in [6.07, 6.45) is 7.40. The van der Waals surface area contributed by atoms with E-state index in [1.807, 2.05) is 0 Å². The van der Waals surface area contributed by atoms with Crippen molar-refractivity contribution in [2.75, 3.05) is 43.4 Å². The van der Waals surface area contributed by atoms with Crippen molar-refractivity contribution in [3.63, 3.8) is 0 Å². The number of nitrogens with two attached hydrogens (primary N) is 1. The van der Waals surface area contributed by atoms with Crippen LogP contribution in [0.4, 0.5) is 17.1 Å². The number of nitrogens with zero attached hydrogens (tertiary/aromatic N) is 3. The zero-order chi connectivity index (χ0) is 20.4. The second-order valence-electron chi connectivity index (χ2n) is 8.69. The Hall–Kier alpha value is -2.35. The number of carbonyl (C=O) groups is 1. The number of hydrogen-bond acceptors (Lipinski definition) is 7. The van der Waals surface area contributed by atoms with Crippen LogP contribution in [0.15, 0.2) is 18.2 Å². The summed E-state index contributed by atoms with van der Waals surface area (Å²) in [5.74, 6) is 0.0442. The van der Waals surface area contributed by atoms with E-state index in [-0.39, 0.29) is 28.9 Å². The number of carbonyl (C=O) groups excluding carboxylic acids is 1. The molecule has 1 saturated carbocycles. The van der Waals surface area contributed by atoms with Gasteiger partial charge in [0.1, 0.15) is 11.8 Å². The molecule has 2 N–H and O–H groups in total. The van der Waals surface area contributed by atoms with Crippen LogP contribution in [0.1, 0.15) is 44.9 Å². The normalized spacial score (nSPS) is 24.6. The molecule has 1 aliphatic carbocycles. The van der Waals surface area contributed by atoms with Crippen LogP contribution < -0.4 is 10.6 Å². The number of rotatable bonds is 5. The number of benzene rings is 1. The number of hydrogen-bond donors (Lipinski definition) is 1. The third-order valence-corrected chi connectivity index (χ3v) is 6.85. The van der Waals surface area contributed by atoms with Crippen molar-refractivity contribution in [2.24, 2.45) is 5.41 Å². The van der Waals surface area contributed by atoms with Gasteiger partial charge in [-0.1, -0.05) is 19.3 Å². The summed E-state index contributed by atoms with van der Waals surface area (Å²) >= 11 is 0. The van der Waals surface area contributed by atoms with Crippen LogP contribution in [0.5, 0.6) is 0 Å². The molecule has 158 valence electrons. The fraction of sp³-hybridized carbons (Fsp3) is 0.667. The summed E-state index contributed by atoms with van der Waals surface area (Å²) in [6, 6.07) is 4.94. The minimum atomic E-state index is -0.454. The Balaban J connectivity index is 1.25. The Morgan fingerprint density at radius 1 is 1.17 bits per heavy atom. The number of ether oxygens (including phenoxy) is 1. The number of esters is 1. The fourth-order valence-corrected chi connectivity index (χ4v) is 5.10. The molecule has 29 heavy (non-hydrogen) atoms. The molecule has 1 aromatic rings. The molecule has 1 spiro atoms. The summed E-state index contributed by atoms with van der Waals surface area (Å²) in [7, 11) is 0. The highest BCUT2D eigenvalue weighted by atomic mass is 16.6. The van der Waals surface area contributed by atoms with Crippen molar-refractivity contribution in [2.45, 2.75) is 51.0 Å². The molecule has 3 fully saturated rings. The van der Waals surface area contributed by atoms with Crippen LogP contribution in [-0.4, -0.2) is 54.6 Å². The molecule has 8 nitrogen and oxygen atoms in total. The van der Waals surface area contributed by atoms with Crippen LogP contribution in [0.3, 0.4) is 0 Å². The zero-order valence-electron chi connectivity index (χ0n) is 16.8. The summed E-state index contributed by atoms with van der Waals surface area (Å²) < 4.78 is 5.73. The second kappa shape index (κ2) is 8.18. The van der Waals surface area contributed by atoms with Gasteiger partial charge in [0.2, 0.25) is 0 Å². The van der Waals surface area contributed by atoms with Crippen LogP contribution in [-0.2, 0) is 9.53 Å². The first-order chi connectivity index (χ1) is 14.0. The lowest BCUT2D eigenvalue weighted by Gasteiger charge is -2.36. The Morgan fingerprint density at radius 3 is 2.55 bits per heavy atom. The number of piperazine rings is 1. The van der Waals surface area contributed by atoms with Gasteiger partial charge in [-0.15, -0.1) is 0 Å². The zero-order valence-corrected chi connectivity index (χ0v) is 16.8. The average molecular weight is 402 g/mol. The summed E-state index contributed by atoms with van der Waals surface area (Å²) in [6.45, 7) is 4.48. The maximum absolute atomic E-state index is 12.4. The highest BCUT2D eigenvalue weighted by molar-refractivity contribution is 5.79. The van der Waals surface area contributed by atoms with E-state index in [1.54, 1.807) is 12.1 Å². The van der Waals surface area contributed by atoms with Gasteiger partial charge >= 0.3 is 5.97 Å². The second-order valence-corrected chi connectivity index (χ2v) is 8.69. The quantitative estimate of drug-likeness (QED) is 0.350. The number of anilines is 2. The lowest BCUT2D eigenvalue weighted by molar-refractivity contribution is -0.383. The van der Waals surface area contributed by atoms with E-state index in [2.05, 4.69) is 9.80 Å². The van der Waals surface area contributed by atoms with Crippen LogP contribution in [0.25, 0.3) is 0 Å². The van der Waals surface area contributed by atoms with Crippen molar-refractivity contribution in [1.29, 1.82) is 0 Å². The molecule has 0 unspecified atom stereocenters. The molecule has 0 aromatic heterocycles. The van der Waals surface area contributed by atoms with Gasteiger partial charge in [0.05, 0.1) is 10.3 Å². The van der Waals surface area contributed by atoms with Gasteiger partial charge in [0.15, 0.2) is 0 Å². The molecular formula is C21H30N4O4. The van der Waals surface area contributed by atoms with Crippen molar-refractivity contribution < 1.29 is 14.5 Å². The van der Waals surface area contributed by atoms with Crippen LogP contribution in [0.2, 0.25) is 0 Å². The highest BCUT2D eigenvalue weighted by Gasteiger charge is 2.48. The standard InChI is InChI=1S/C21H30N4O4/c22-18-14-16(4-5-19(18)25(27)28)24-12-10-23(11-13-24)9-6-17-15-21(20(26)29-17)7-2-1-3-8-21/h4-5,14,17H,1-3,6-13,15,22H2/t17-/m0/s1. The first-order valence-electron chi connectivity index (χ1n) is 10.7. The topological polar surface area (TPSA) is 102 Å². The maximum atomic E-state index is 12.4. The van der Waals surface area contributed by atoms with Crippen LogP contribution in [0, 0.1) is 15.5 Å². The molecule has 2 aliphatic heterocycles. The summed E-state index contributed by atoms with van der Waals surface area (Å²) in [5, 5.41) is 10.9. The van der Waals surface area contributed by atoms with E-state index >= 15 is 0 Å². The minimum Gasteiger partial charge on any atom is -0.462 e. The van der Waals surface area contributed by atoms with Gasteiger partial charge in [0, 0.05) is 50.9 Å². The lowest BCUT2D eigenvalue weighted by Crippen LogP contribution is -2.47. The lowest BCUT2D eigenvalue weighted by atomic mass is 9.72. The molecule has 0 bridgehead atoms. The van der Waals surface area contributed by atoms with Crippen LogP contribution >= 0.6 is 0 Å². The molecule has 0 radical (unpaired) electrons. The number of nitro groups is 1. The van der Waals surface area contributed by atoms with Gasteiger partial charge < -0.3 is 15.4 Å². The van der Waals surface area contributed by atoms with E-state index in [4.69, 9.17) is 10.5 Å². The molecule has 3 aliphatic rings. The van der Waals surface area contributed by atoms with Gasteiger partial charge in [-0.25, -0.2) is 0 Å². The summed E-state index contributed by atoms with van der Waals surface area (Å²) in [4.78, 5) is 27.5. The molecule has 2 heterocycles. The molecule has 2 saturated heterocycles. The first-order valence-corrected chi connectivity index (χ1v) is 10.7. The average Bonchev–Trinajstić information content (AvgIpc) is 3.01. The van der Waals surface area contributed by atoms with Gasteiger partial charge in [0.25, 0.3) is 5.69 Å². The monoisotopic (exact) mass is 402 g/mol. The number of cyclic esters (lactones) is 1. The van der Waals surface area contributed by atoms with E-state index in [0.717, 1.165) is 76.9 Å². The summed E-state index contributed by atoms with van der Waals surface area (Å²) in [5.41, 5.74) is 6.72. The number of nitrogen functional groups attached to an aromatic ring is 1. The molecule has 0 amide bonds. The largest absolute Gasteiger partial charge is 0.462 e. The predicted octanol–water partition coefficient (Wildman–Crippen LogP) is 2.96. The predicted molar refractivity (Wildman–Crippen MR) is 111 cm³/mol. The Kier molecular flexibility index (Phi) is 5.63. The minimum absolute atomic E-state index is 0.0442. The molecule has 4 rings (SSSR count). The Morgan fingerprint density at radius 2 is 1.90 bits per heavy atom. The molecule has 1 aromatic carbocycles. The van der Waals surface area contributed by atoms with Crippen molar-refractivity contribution >= 4 is 23.0 Å².